The summed E-state index contributed by atoms with van der Waals surface area (Å²) in [4.78, 5) is 0. The van der Waals surface area contributed by atoms with Gasteiger partial charge in [0, 0.05) is 0 Å². The monoisotopic (exact) mass is 211 g/mol. The number of hydrogen-bond acceptors (Lipinski definition) is 1. The van der Waals surface area contributed by atoms with Crippen LogP contribution in [0.2, 0.25) is 0 Å². The zero-order valence-corrected chi connectivity index (χ0v) is 9.33. The van der Waals surface area contributed by atoms with Crippen molar-refractivity contribution in [3.8, 4) is 0 Å². The number of rotatable bonds is 5. The molecule has 4 heteroatoms. The maximum absolute atomic E-state index is 12.7. The maximum Gasteiger partial charge on any atom is 0.406 e. The van der Waals surface area contributed by atoms with Crippen LogP contribution in [0.5, 0.6) is 0 Å². The third-order valence-electron chi connectivity index (χ3n) is 2.21. The lowest BCUT2D eigenvalue weighted by Crippen LogP contribution is -2.55. The van der Waals surface area contributed by atoms with Crippen molar-refractivity contribution in [3.05, 3.63) is 0 Å². The third-order valence-corrected chi connectivity index (χ3v) is 2.21. The topological polar surface area (TPSA) is 12.0 Å². The van der Waals surface area contributed by atoms with Gasteiger partial charge in [0.2, 0.25) is 0 Å². The highest BCUT2D eigenvalue weighted by atomic mass is 19.4. The standard InChI is InChI=1S/C10H20F3N/c1-5-6-14-9(4,7-8(2)3)10(11,12)13/h8,14H,5-7H2,1-4H3. The molecule has 1 unspecified atom stereocenters. The Morgan fingerprint density at radius 1 is 1.21 bits per heavy atom. The van der Waals surface area contributed by atoms with Gasteiger partial charge in [-0.05, 0) is 32.2 Å². The number of hydrogen-bond donors (Lipinski definition) is 1. The fourth-order valence-electron chi connectivity index (χ4n) is 1.51. The lowest BCUT2D eigenvalue weighted by atomic mass is 9.90. The van der Waals surface area contributed by atoms with Gasteiger partial charge in [-0.3, -0.25) is 0 Å². The van der Waals surface area contributed by atoms with Gasteiger partial charge in [-0.2, -0.15) is 13.2 Å². The van der Waals surface area contributed by atoms with Gasteiger partial charge in [0.25, 0.3) is 0 Å². The van der Waals surface area contributed by atoms with Crippen LogP contribution in [0.3, 0.4) is 0 Å². The van der Waals surface area contributed by atoms with E-state index in [-0.39, 0.29) is 12.3 Å². The minimum absolute atomic E-state index is 0.0333. The molecule has 0 saturated heterocycles. The van der Waals surface area contributed by atoms with Crippen molar-refractivity contribution >= 4 is 0 Å². The smallest absolute Gasteiger partial charge is 0.304 e. The molecule has 0 saturated carbocycles. The molecule has 0 aromatic heterocycles. The quantitative estimate of drug-likeness (QED) is 0.735. The molecule has 0 spiro atoms. The second kappa shape index (κ2) is 5.01. The van der Waals surface area contributed by atoms with Crippen LogP contribution in [0.4, 0.5) is 13.2 Å². The summed E-state index contributed by atoms with van der Waals surface area (Å²) in [5.41, 5.74) is -1.74. The van der Waals surface area contributed by atoms with Crippen molar-refractivity contribution in [2.45, 2.75) is 52.3 Å². The zero-order chi connectivity index (χ0) is 11.4. The first kappa shape index (κ1) is 13.8. The SMILES string of the molecule is CCCNC(C)(CC(C)C)C(F)(F)F. The summed E-state index contributed by atoms with van der Waals surface area (Å²) >= 11 is 0. The van der Waals surface area contributed by atoms with Gasteiger partial charge in [-0.15, -0.1) is 0 Å². The second-order valence-electron chi connectivity index (χ2n) is 4.35. The molecule has 0 aromatic carbocycles. The molecule has 1 nitrogen and oxygen atoms in total. The minimum Gasteiger partial charge on any atom is -0.304 e. The van der Waals surface area contributed by atoms with E-state index < -0.39 is 11.7 Å². The average Bonchev–Trinajstić information content (AvgIpc) is 1.97. The molecule has 0 fully saturated rings. The molecular weight excluding hydrogens is 191 g/mol. The van der Waals surface area contributed by atoms with Crippen molar-refractivity contribution in [1.29, 1.82) is 0 Å². The molecule has 1 N–H and O–H groups in total. The Kier molecular flexibility index (Phi) is 4.92. The number of nitrogens with one attached hydrogen (secondary N) is 1. The first-order chi connectivity index (χ1) is 6.23. The molecule has 0 aliphatic heterocycles. The molecule has 0 bridgehead atoms. The van der Waals surface area contributed by atoms with E-state index in [1.165, 1.54) is 6.92 Å². The van der Waals surface area contributed by atoms with Gasteiger partial charge in [0.15, 0.2) is 0 Å². The lowest BCUT2D eigenvalue weighted by Gasteiger charge is -2.34. The molecule has 0 rings (SSSR count). The molecule has 0 radical (unpaired) electrons. The summed E-state index contributed by atoms with van der Waals surface area (Å²) in [7, 11) is 0. The predicted octanol–water partition coefficient (Wildman–Crippen LogP) is 3.35. The molecule has 0 aliphatic carbocycles. The van der Waals surface area contributed by atoms with E-state index in [0.29, 0.717) is 13.0 Å². The predicted molar refractivity (Wildman–Crippen MR) is 52.2 cm³/mol. The van der Waals surface area contributed by atoms with Crippen molar-refractivity contribution in [1.82, 2.24) is 5.32 Å². The normalized spacial score (nSPS) is 17.1. The minimum atomic E-state index is -4.17. The molecule has 86 valence electrons. The zero-order valence-electron chi connectivity index (χ0n) is 9.33. The van der Waals surface area contributed by atoms with Crippen LogP contribution in [0.1, 0.15) is 40.5 Å². The van der Waals surface area contributed by atoms with Gasteiger partial charge in [-0.25, -0.2) is 0 Å². The average molecular weight is 211 g/mol. The molecule has 0 amide bonds. The molecule has 0 heterocycles. The molecular formula is C10H20F3N. The Morgan fingerprint density at radius 3 is 2.00 bits per heavy atom. The van der Waals surface area contributed by atoms with E-state index in [9.17, 15) is 13.2 Å². The molecule has 1 atom stereocenters. The Morgan fingerprint density at radius 2 is 1.71 bits per heavy atom. The van der Waals surface area contributed by atoms with Gasteiger partial charge < -0.3 is 5.32 Å². The summed E-state index contributed by atoms with van der Waals surface area (Å²) in [6.07, 6.45) is -3.34. The second-order valence-corrected chi connectivity index (χ2v) is 4.35. The van der Waals surface area contributed by atoms with Crippen molar-refractivity contribution in [3.63, 3.8) is 0 Å². The highest BCUT2D eigenvalue weighted by molar-refractivity contribution is 4.91. The Hall–Kier alpha value is -0.250. The largest absolute Gasteiger partial charge is 0.406 e. The third kappa shape index (κ3) is 3.86. The Labute approximate surface area is 84.1 Å². The van der Waals surface area contributed by atoms with Crippen LogP contribution >= 0.6 is 0 Å². The van der Waals surface area contributed by atoms with Crippen molar-refractivity contribution in [2.75, 3.05) is 6.54 Å². The van der Waals surface area contributed by atoms with E-state index in [1.54, 1.807) is 13.8 Å². The highest BCUT2D eigenvalue weighted by Crippen LogP contribution is 2.34. The fourth-order valence-corrected chi connectivity index (χ4v) is 1.51. The van der Waals surface area contributed by atoms with Crippen LogP contribution in [0, 0.1) is 5.92 Å². The van der Waals surface area contributed by atoms with Crippen LogP contribution < -0.4 is 5.32 Å². The summed E-state index contributed by atoms with van der Waals surface area (Å²) in [6.45, 7) is 7.11. The van der Waals surface area contributed by atoms with Gasteiger partial charge in [-0.1, -0.05) is 20.8 Å². The molecule has 14 heavy (non-hydrogen) atoms. The van der Waals surface area contributed by atoms with Crippen molar-refractivity contribution in [2.24, 2.45) is 5.92 Å². The van der Waals surface area contributed by atoms with Gasteiger partial charge in [0.1, 0.15) is 5.54 Å². The summed E-state index contributed by atoms with van der Waals surface area (Å²) < 4.78 is 38.2. The fraction of sp³-hybridized carbons (Fsp3) is 1.00. The lowest BCUT2D eigenvalue weighted by molar-refractivity contribution is -0.195. The number of alkyl halides is 3. The van der Waals surface area contributed by atoms with E-state index in [2.05, 4.69) is 5.32 Å². The van der Waals surface area contributed by atoms with E-state index in [4.69, 9.17) is 0 Å². The van der Waals surface area contributed by atoms with Crippen molar-refractivity contribution < 1.29 is 13.2 Å². The molecule has 0 aromatic rings. The van der Waals surface area contributed by atoms with Crippen LogP contribution in [-0.2, 0) is 0 Å². The van der Waals surface area contributed by atoms with Gasteiger partial charge in [0.05, 0.1) is 0 Å². The summed E-state index contributed by atoms with van der Waals surface area (Å²) in [5.74, 6) is 0.0333. The molecule has 0 aliphatic rings. The first-order valence-electron chi connectivity index (χ1n) is 5.04. The van der Waals surface area contributed by atoms with E-state index in [0.717, 1.165) is 0 Å². The maximum atomic E-state index is 12.7. The van der Waals surface area contributed by atoms with Crippen LogP contribution in [-0.4, -0.2) is 18.3 Å². The Bertz CT molecular complexity index is 165. The van der Waals surface area contributed by atoms with E-state index in [1.807, 2.05) is 6.92 Å². The highest BCUT2D eigenvalue weighted by Gasteiger charge is 2.50. The van der Waals surface area contributed by atoms with Gasteiger partial charge >= 0.3 is 6.18 Å². The van der Waals surface area contributed by atoms with Crippen LogP contribution in [0.25, 0.3) is 0 Å². The number of halogens is 3. The van der Waals surface area contributed by atoms with Crippen LogP contribution in [0.15, 0.2) is 0 Å². The van der Waals surface area contributed by atoms with E-state index >= 15 is 0 Å². The summed E-state index contributed by atoms with van der Waals surface area (Å²) in [5, 5.41) is 2.59. The first-order valence-corrected chi connectivity index (χ1v) is 5.04. The Balaban J connectivity index is 4.50. The summed E-state index contributed by atoms with van der Waals surface area (Å²) in [6, 6.07) is 0.